The number of aliphatic hydroxyl groups excluding tert-OH is 1. The topological polar surface area (TPSA) is 23.5 Å². The van der Waals surface area contributed by atoms with Gasteiger partial charge in [-0.2, -0.15) is 0 Å². The molecule has 1 N–H and O–H groups in total. The van der Waals surface area contributed by atoms with Gasteiger partial charge in [-0.15, -0.1) is 0 Å². The summed E-state index contributed by atoms with van der Waals surface area (Å²) in [5.41, 5.74) is 0. The van der Waals surface area contributed by atoms with Gasteiger partial charge in [0.2, 0.25) is 0 Å². The van der Waals surface area contributed by atoms with Crippen molar-refractivity contribution in [2.45, 2.75) is 39.2 Å². The van der Waals surface area contributed by atoms with Crippen molar-refractivity contribution < 1.29 is 5.11 Å². The van der Waals surface area contributed by atoms with Gasteiger partial charge in [-0.1, -0.05) is 12.2 Å². The molecule has 2 heteroatoms. The minimum absolute atomic E-state index is 0.275. The van der Waals surface area contributed by atoms with E-state index in [4.69, 9.17) is 5.11 Å². The predicted molar refractivity (Wildman–Crippen MR) is 60.3 cm³/mol. The Hall–Kier alpha value is -0.340. The molecule has 0 amide bonds. The number of rotatable bonds is 4. The second-order valence-electron chi connectivity index (χ2n) is 4.43. The summed E-state index contributed by atoms with van der Waals surface area (Å²) in [4.78, 5) is 2.54. The molecule has 0 bridgehead atoms. The normalized spacial score (nSPS) is 25.0. The molecule has 1 aliphatic rings. The standard InChI is InChI=1S/C12H23NO/c1-11(2)13-8-5-7-12(10-13)6-3-4-9-14/h3,6,11-12,14H,4-5,7-10H2,1-2H3/b6-3-. The van der Waals surface area contributed by atoms with Crippen LogP contribution in [-0.4, -0.2) is 35.7 Å². The van der Waals surface area contributed by atoms with E-state index in [2.05, 4.69) is 30.9 Å². The molecule has 0 saturated carbocycles. The minimum Gasteiger partial charge on any atom is -0.396 e. The van der Waals surface area contributed by atoms with Crippen LogP contribution in [-0.2, 0) is 0 Å². The maximum Gasteiger partial charge on any atom is 0.0465 e. The van der Waals surface area contributed by atoms with Crippen molar-refractivity contribution in [3.63, 3.8) is 0 Å². The van der Waals surface area contributed by atoms with Gasteiger partial charge in [-0.3, -0.25) is 0 Å². The monoisotopic (exact) mass is 197 g/mol. The first-order chi connectivity index (χ1) is 6.74. The molecule has 0 spiro atoms. The molecule has 82 valence electrons. The van der Waals surface area contributed by atoms with Crippen molar-refractivity contribution in [1.82, 2.24) is 4.90 Å². The van der Waals surface area contributed by atoms with Crippen molar-refractivity contribution in [1.29, 1.82) is 0 Å². The lowest BCUT2D eigenvalue weighted by atomic mass is 9.96. The Labute approximate surface area is 87.6 Å². The molecule has 1 fully saturated rings. The van der Waals surface area contributed by atoms with E-state index < -0.39 is 0 Å². The SMILES string of the molecule is CC(C)N1CCCC(/C=C\CCO)C1. The van der Waals surface area contributed by atoms with Crippen molar-refractivity contribution in [3.05, 3.63) is 12.2 Å². The Kier molecular flexibility index (Phi) is 5.20. The molecule has 0 aliphatic carbocycles. The van der Waals surface area contributed by atoms with E-state index in [1.54, 1.807) is 0 Å². The third-order valence-corrected chi connectivity index (χ3v) is 2.92. The van der Waals surface area contributed by atoms with Gasteiger partial charge in [-0.05, 0) is 45.6 Å². The lowest BCUT2D eigenvalue weighted by Crippen LogP contribution is -2.39. The van der Waals surface area contributed by atoms with Crippen LogP contribution in [0.2, 0.25) is 0 Å². The molecular weight excluding hydrogens is 174 g/mol. The smallest absolute Gasteiger partial charge is 0.0465 e. The Balaban J connectivity index is 2.32. The summed E-state index contributed by atoms with van der Waals surface area (Å²) < 4.78 is 0. The van der Waals surface area contributed by atoms with E-state index in [-0.39, 0.29) is 6.61 Å². The fourth-order valence-corrected chi connectivity index (χ4v) is 2.03. The van der Waals surface area contributed by atoms with Gasteiger partial charge in [0.1, 0.15) is 0 Å². The zero-order chi connectivity index (χ0) is 10.4. The summed E-state index contributed by atoms with van der Waals surface area (Å²) in [5, 5.41) is 8.67. The summed E-state index contributed by atoms with van der Waals surface area (Å²) in [6.07, 6.45) is 7.83. The van der Waals surface area contributed by atoms with Crippen LogP contribution >= 0.6 is 0 Å². The average Bonchev–Trinajstić information content (AvgIpc) is 2.19. The largest absolute Gasteiger partial charge is 0.396 e. The molecule has 1 unspecified atom stereocenters. The van der Waals surface area contributed by atoms with E-state index in [9.17, 15) is 0 Å². The van der Waals surface area contributed by atoms with Crippen LogP contribution < -0.4 is 0 Å². The highest BCUT2D eigenvalue weighted by molar-refractivity contribution is 4.92. The Morgan fingerprint density at radius 3 is 2.93 bits per heavy atom. The van der Waals surface area contributed by atoms with Gasteiger partial charge in [0.25, 0.3) is 0 Å². The molecule has 1 aliphatic heterocycles. The van der Waals surface area contributed by atoms with Crippen molar-refractivity contribution in [3.8, 4) is 0 Å². The third kappa shape index (κ3) is 3.81. The molecule has 1 atom stereocenters. The van der Waals surface area contributed by atoms with Crippen LogP contribution in [0, 0.1) is 5.92 Å². The molecule has 1 heterocycles. The van der Waals surface area contributed by atoms with Crippen LogP contribution in [0.15, 0.2) is 12.2 Å². The summed E-state index contributed by atoms with van der Waals surface area (Å²) in [5.74, 6) is 0.706. The number of piperidine rings is 1. The van der Waals surface area contributed by atoms with Crippen LogP contribution in [0.4, 0.5) is 0 Å². The molecule has 0 aromatic carbocycles. The Morgan fingerprint density at radius 1 is 1.50 bits per heavy atom. The van der Waals surface area contributed by atoms with Gasteiger partial charge in [0.15, 0.2) is 0 Å². The minimum atomic E-state index is 0.275. The molecular formula is C12H23NO. The van der Waals surface area contributed by atoms with E-state index >= 15 is 0 Å². The van der Waals surface area contributed by atoms with Crippen molar-refractivity contribution in [2.75, 3.05) is 19.7 Å². The van der Waals surface area contributed by atoms with Crippen LogP contribution in [0.3, 0.4) is 0 Å². The van der Waals surface area contributed by atoms with E-state index in [1.165, 1.54) is 25.9 Å². The van der Waals surface area contributed by atoms with E-state index in [0.29, 0.717) is 12.0 Å². The number of likely N-dealkylation sites (tertiary alicyclic amines) is 1. The summed E-state index contributed by atoms with van der Waals surface area (Å²) in [7, 11) is 0. The molecule has 0 aromatic heterocycles. The van der Waals surface area contributed by atoms with Gasteiger partial charge < -0.3 is 10.0 Å². The zero-order valence-electron chi connectivity index (χ0n) is 9.45. The first-order valence-electron chi connectivity index (χ1n) is 5.75. The Bertz CT molecular complexity index is 177. The van der Waals surface area contributed by atoms with E-state index in [1.807, 2.05) is 0 Å². The highest BCUT2D eigenvalue weighted by Crippen LogP contribution is 2.19. The number of hydrogen-bond donors (Lipinski definition) is 1. The number of hydrogen-bond acceptors (Lipinski definition) is 2. The second kappa shape index (κ2) is 6.20. The number of aliphatic hydroxyl groups is 1. The van der Waals surface area contributed by atoms with Gasteiger partial charge in [0.05, 0.1) is 0 Å². The molecule has 0 radical (unpaired) electrons. The lowest BCUT2D eigenvalue weighted by molar-refractivity contribution is 0.158. The summed E-state index contributed by atoms with van der Waals surface area (Å²) >= 11 is 0. The number of nitrogens with zero attached hydrogens (tertiary/aromatic N) is 1. The Morgan fingerprint density at radius 2 is 2.29 bits per heavy atom. The van der Waals surface area contributed by atoms with Crippen LogP contribution in [0.5, 0.6) is 0 Å². The lowest BCUT2D eigenvalue weighted by Gasteiger charge is -2.34. The average molecular weight is 197 g/mol. The molecule has 14 heavy (non-hydrogen) atoms. The highest BCUT2D eigenvalue weighted by Gasteiger charge is 2.19. The highest BCUT2D eigenvalue weighted by atomic mass is 16.2. The van der Waals surface area contributed by atoms with Gasteiger partial charge in [0, 0.05) is 19.2 Å². The molecule has 1 rings (SSSR count). The predicted octanol–water partition coefficient (Wildman–Crippen LogP) is 2.05. The van der Waals surface area contributed by atoms with Crippen molar-refractivity contribution >= 4 is 0 Å². The molecule has 2 nitrogen and oxygen atoms in total. The molecule has 1 saturated heterocycles. The van der Waals surface area contributed by atoms with Crippen molar-refractivity contribution in [2.24, 2.45) is 5.92 Å². The molecule has 0 aromatic rings. The quantitative estimate of drug-likeness (QED) is 0.697. The summed E-state index contributed by atoms with van der Waals surface area (Å²) in [6, 6.07) is 0.670. The maximum atomic E-state index is 8.67. The van der Waals surface area contributed by atoms with Gasteiger partial charge >= 0.3 is 0 Å². The third-order valence-electron chi connectivity index (χ3n) is 2.92. The fraction of sp³-hybridized carbons (Fsp3) is 0.833. The van der Waals surface area contributed by atoms with Crippen LogP contribution in [0.25, 0.3) is 0 Å². The second-order valence-corrected chi connectivity index (χ2v) is 4.43. The zero-order valence-corrected chi connectivity index (χ0v) is 9.45. The van der Waals surface area contributed by atoms with Crippen LogP contribution in [0.1, 0.15) is 33.1 Å². The first-order valence-corrected chi connectivity index (χ1v) is 5.75. The van der Waals surface area contributed by atoms with E-state index in [0.717, 1.165) is 6.42 Å². The summed E-state index contributed by atoms with van der Waals surface area (Å²) in [6.45, 7) is 7.25. The maximum absolute atomic E-state index is 8.67. The first kappa shape index (κ1) is 11.7. The van der Waals surface area contributed by atoms with Gasteiger partial charge in [-0.25, -0.2) is 0 Å². The fourth-order valence-electron chi connectivity index (χ4n) is 2.03.